The SMILES string of the molecule is CCc1ccccc1OCC(=O)N1CCCN(C(=O)c2cccc3ccccc23)CC1. The molecule has 1 aliphatic heterocycles. The fourth-order valence-corrected chi connectivity index (χ4v) is 4.12. The van der Waals surface area contributed by atoms with E-state index in [0.29, 0.717) is 26.2 Å². The van der Waals surface area contributed by atoms with Crippen molar-refractivity contribution >= 4 is 22.6 Å². The van der Waals surface area contributed by atoms with Gasteiger partial charge < -0.3 is 14.5 Å². The summed E-state index contributed by atoms with van der Waals surface area (Å²) in [6.45, 7) is 4.42. The molecule has 3 aromatic rings. The van der Waals surface area contributed by atoms with Crippen LogP contribution in [-0.2, 0) is 11.2 Å². The number of ether oxygens (including phenoxy) is 1. The molecule has 0 radical (unpaired) electrons. The van der Waals surface area contributed by atoms with Crippen LogP contribution < -0.4 is 4.74 Å². The van der Waals surface area contributed by atoms with Gasteiger partial charge in [0, 0.05) is 31.7 Å². The lowest BCUT2D eigenvalue weighted by Crippen LogP contribution is -2.39. The second-order valence-corrected chi connectivity index (χ2v) is 7.80. The molecule has 1 saturated heterocycles. The Morgan fingerprint density at radius 3 is 2.42 bits per heavy atom. The molecule has 1 fully saturated rings. The highest BCUT2D eigenvalue weighted by molar-refractivity contribution is 6.07. The molecule has 160 valence electrons. The Morgan fingerprint density at radius 2 is 1.55 bits per heavy atom. The summed E-state index contributed by atoms with van der Waals surface area (Å²) in [7, 11) is 0. The minimum Gasteiger partial charge on any atom is -0.483 e. The van der Waals surface area contributed by atoms with Crippen LogP contribution in [0, 0.1) is 0 Å². The molecule has 0 aliphatic carbocycles. The van der Waals surface area contributed by atoms with Gasteiger partial charge in [0.15, 0.2) is 6.61 Å². The first-order chi connectivity index (χ1) is 15.2. The van der Waals surface area contributed by atoms with E-state index < -0.39 is 0 Å². The van der Waals surface area contributed by atoms with E-state index in [1.165, 1.54) is 0 Å². The Labute approximate surface area is 183 Å². The van der Waals surface area contributed by atoms with Crippen LogP contribution >= 0.6 is 0 Å². The second kappa shape index (κ2) is 9.65. The van der Waals surface area contributed by atoms with Gasteiger partial charge in [0.1, 0.15) is 5.75 Å². The quantitative estimate of drug-likeness (QED) is 0.628. The lowest BCUT2D eigenvalue weighted by atomic mass is 10.0. The summed E-state index contributed by atoms with van der Waals surface area (Å²) in [6.07, 6.45) is 1.62. The highest BCUT2D eigenvalue weighted by Gasteiger charge is 2.24. The predicted molar refractivity (Wildman–Crippen MR) is 122 cm³/mol. The number of hydrogen-bond acceptors (Lipinski definition) is 3. The third-order valence-electron chi connectivity index (χ3n) is 5.86. The highest BCUT2D eigenvalue weighted by atomic mass is 16.5. The largest absolute Gasteiger partial charge is 0.483 e. The van der Waals surface area contributed by atoms with Gasteiger partial charge in [-0.05, 0) is 41.3 Å². The molecule has 3 aromatic carbocycles. The summed E-state index contributed by atoms with van der Waals surface area (Å²) in [6, 6.07) is 21.6. The molecular weight excluding hydrogens is 388 g/mol. The average Bonchev–Trinajstić information content (AvgIpc) is 3.08. The van der Waals surface area contributed by atoms with Crippen molar-refractivity contribution in [1.82, 2.24) is 9.80 Å². The summed E-state index contributed by atoms with van der Waals surface area (Å²) in [5, 5.41) is 2.03. The maximum absolute atomic E-state index is 13.2. The number of carbonyl (C=O) groups excluding carboxylic acids is 2. The molecule has 0 spiro atoms. The minimum absolute atomic E-state index is 0.0221. The number of amides is 2. The van der Waals surface area contributed by atoms with Gasteiger partial charge in [0.25, 0.3) is 11.8 Å². The zero-order valence-electron chi connectivity index (χ0n) is 17.9. The van der Waals surface area contributed by atoms with Crippen LogP contribution in [0.1, 0.15) is 29.3 Å². The number of aryl methyl sites for hydroxylation is 1. The van der Waals surface area contributed by atoms with Crippen LogP contribution in [0.25, 0.3) is 10.8 Å². The van der Waals surface area contributed by atoms with Crippen LogP contribution in [0.15, 0.2) is 66.7 Å². The summed E-state index contributed by atoms with van der Waals surface area (Å²) in [5.74, 6) is 0.755. The number of nitrogens with zero attached hydrogens (tertiary/aromatic N) is 2. The van der Waals surface area contributed by atoms with E-state index in [0.717, 1.165) is 40.5 Å². The smallest absolute Gasteiger partial charge is 0.260 e. The van der Waals surface area contributed by atoms with E-state index in [9.17, 15) is 9.59 Å². The molecule has 4 rings (SSSR count). The zero-order valence-corrected chi connectivity index (χ0v) is 17.9. The average molecular weight is 417 g/mol. The maximum atomic E-state index is 13.2. The number of benzene rings is 3. The van der Waals surface area contributed by atoms with E-state index in [-0.39, 0.29) is 18.4 Å². The Balaban J connectivity index is 1.39. The summed E-state index contributed by atoms with van der Waals surface area (Å²) in [5.41, 5.74) is 1.82. The number of carbonyl (C=O) groups is 2. The van der Waals surface area contributed by atoms with Crippen molar-refractivity contribution in [3.05, 3.63) is 77.9 Å². The van der Waals surface area contributed by atoms with Crippen molar-refractivity contribution < 1.29 is 14.3 Å². The van der Waals surface area contributed by atoms with E-state index in [2.05, 4.69) is 6.92 Å². The Kier molecular flexibility index (Phi) is 6.51. The zero-order chi connectivity index (χ0) is 21.6. The molecule has 5 heteroatoms. The van der Waals surface area contributed by atoms with Gasteiger partial charge in [-0.25, -0.2) is 0 Å². The Hall–Kier alpha value is -3.34. The molecule has 1 heterocycles. The highest BCUT2D eigenvalue weighted by Crippen LogP contribution is 2.21. The molecule has 0 saturated carbocycles. The molecular formula is C26H28N2O3. The Bertz CT molecular complexity index is 1070. The standard InChI is InChI=1S/C26H28N2O3/c1-2-20-9-4-6-14-24(20)31-19-25(29)27-15-8-16-28(18-17-27)26(30)23-13-7-11-21-10-3-5-12-22(21)23/h3-7,9-14H,2,8,15-19H2,1H3. The van der Waals surface area contributed by atoms with Crippen LogP contribution in [0.4, 0.5) is 0 Å². The number of rotatable bonds is 5. The van der Waals surface area contributed by atoms with E-state index in [4.69, 9.17) is 4.74 Å². The van der Waals surface area contributed by atoms with Crippen molar-refractivity contribution in [3.63, 3.8) is 0 Å². The third kappa shape index (κ3) is 4.71. The minimum atomic E-state index is -0.0367. The van der Waals surface area contributed by atoms with Gasteiger partial charge in [0.2, 0.25) is 0 Å². The summed E-state index contributed by atoms with van der Waals surface area (Å²) < 4.78 is 5.80. The van der Waals surface area contributed by atoms with E-state index in [1.807, 2.05) is 76.5 Å². The van der Waals surface area contributed by atoms with Crippen LogP contribution in [0.3, 0.4) is 0 Å². The topological polar surface area (TPSA) is 49.9 Å². The van der Waals surface area contributed by atoms with Crippen molar-refractivity contribution in [2.45, 2.75) is 19.8 Å². The fourth-order valence-electron chi connectivity index (χ4n) is 4.12. The van der Waals surface area contributed by atoms with E-state index >= 15 is 0 Å². The first kappa shape index (κ1) is 20.9. The van der Waals surface area contributed by atoms with Crippen LogP contribution in [-0.4, -0.2) is 54.4 Å². The van der Waals surface area contributed by atoms with E-state index in [1.54, 1.807) is 0 Å². The molecule has 2 amide bonds. The molecule has 1 aliphatic rings. The summed E-state index contributed by atoms with van der Waals surface area (Å²) >= 11 is 0. The third-order valence-corrected chi connectivity index (χ3v) is 5.86. The molecule has 0 aromatic heterocycles. The van der Waals surface area contributed by atoms with Gasteiger partial charge in [-0.2, -0.15) is 0 Å². The number of hydrogen-bond donors (Lipinski definition) is 0. The van der Waals surface area contributed by atoms with Gasteiger partial charge in [-0.3, -0.25) is 9.59 Å². The molecule has 0 atom stereocenters. The first-order valence-corrected chi connectivity index (χ1v) is 10.9. The summed E-state index contributed by atoms with van der Waals surface area (Å²) in [4.78, 5) is 29.6. The van der Waals surface area contributed by atoms with Crippen LogP contribution in [0.2, 0.25) is 0 Å². The molecule has 31 heavy (non-hydrogen) atoms. The van der Waals surface area contributed by atoms with Gasteiger partial charge in [0.05, 0.1) is 0 Å². The Morgan fingerprint density at radius 1 is 0.839 bits per heavy atom. The lowest BCUT2D eigenvalue weighted by molar-refractivity contribution is -0.133. The molecule has 5 nitrogen and oxygen atoms in total. The predicted octanol–water partition coefficient (Wildman–Crippen LogP) is 4.16. The second-order valence-electron chi connectivity index (χ2n) is 7.80. The van der Waals surface area contributed by atoms with Crippen molar-refractivity contribution in [3.8, 4) is 5.75 Å². The normalized spacial score (nSPS) is 14.4. The first-order valence-electron chi connectivity index (χ1n) is 10.9. The maximum Gasteiger partial charge on any atom is 0.260 e. The van der Waals surface area contributed by atoms with Crippen molar-refractivity contribution in [1.29, 1.82) is 0 Å². The number of para-hydroxylation sites is 1. The van der Waals surface area contributed by atoms with Crippen molar-refractivity contribution in [2.75, 3.05) is 32.8 Å². The van der Waals surface area contributed by atoms with Gasteiger partial charge >= 0.3 is 0 Å². The van der Waals surface area contributed by atoms with Crippen LogP contribution in [0.5, 0.6) is 5.75 Å². The molecule has 0 N–H and O–H groups in total. The van der Waals surface area contributed by atoms with Gasteiger partial charge in [-0.1, -0.05) is 61.5 Å². The number of fused-ring (bicyclic) bond motifs is 1. The van der Waals surface area contributed by atoms with Crippen molar-refractivity contribution in [2.24, 2.45) is 0 Å². The molecule has 0 unspecified atom stereocenters. The lowest BCUT2D eigenvalue weighted by Gasteiger charge is -2.23. The fraction of sp³-hybridized carbons (Fsp3) is 0.308. The van der Waals surface area contributed by atoms with Gasteiger partial charge in [-0.15, -0.1) is 0 Å². The molecule has 0 bridgehead atoms. The monoisotopic (exact) mass is 416 g/mol.